The highest BCUT2D eigenvalue weighted by atomic mass is 79.9. The third-order valence-electron chi connectivity index (χ3n) is 2.44. The molecule has 18 heavy (non-hydrogen) atoms. The Morgan fingerprint density at radius 1 is 1.44 bits per heavy atom. The minimum atomic E-state index is -1.03. The predicted octanol–water partition coefficient (Wildman–Crippen LogP) is 3.43. The molecule has 2 aromatic heterocycles. The van der Waals surface area contributed by atoms with Crippen molar-refractivity contribution in [2.75, 3.05) is 7.05 Å². The maximum absolute atomic E-state index is 10.9. The van der Waals surface area contributed by atoms with Gasteiger partial charge in [-0.15, -0.1) is 11.3 Å². The van der Waals surface area contributed by atoms with Gasteiger partial charge in [0.25, 0.3) is 0 Å². The number of furan rings is 1. The van der Waals surface area contributed by atoms with Crippen LogP contribution >= 0.6 is 27.3 Å². The number of hydrogen-bond donors (Lipinski definition) is 1. The molecule has 0 unspecified atom stereocenters. The van der Waals surface area contributed by atoms with E-state index in [-0.39, 0.29) is 5.76 Å². The van der Waals surface area contributed by atoms with Crippen LogP contribution in [0.1, 0.15) is 21.0 Å². The second-order valence-corrected chi connectivity index (χ2v) is 6.51. The summed E-state index contributed by atoms with van der Waals surface area (Å²) in [5.74, 6) is -1.00. The van der Waals surface area contributed by atoms with Gasteiger partial charge in [-0.3, -0.25) is 4.90 Å². The van der Waals surface area contributed by atoms with Gasteiger partial charge in [0, 0.05) is 23.5 Å². The van der Waals surface area contributed by atoms with Crippen LogP contribution in [0, 0.1) is 0 Å². The molecule has 1 N–H and O–H groups in total. The first-order chi connectivity index (χ1) is 8.56. The van der Waals surface area contributed by atoms with E-state index in [1.807, 2.05) is 13.1 Å². The first-order valence-corrected chi connectivity index (χ1v) is 6.89. The summed E-state index contributed by atoms with van der Waals surface area (Å²) >= 11 is 5.10. The number of nitrogens with zero attached hydrogens (tertiary/aromatic N) is 1. The van der Waals surface area contributed by atoms with Crippen molar-refractivity contribution in [2.45, 2.75) is 13.1 Å². The molecule has 2 heterocycles. The van der Waals surface area contributed by atoms with Crippen LogP contribution in [0.15, 0.2) is 32.7 Å². The van der Waals surface area contributed by atoms with E-state index in [2.05, 4.69) is 26.9 Å². The van der Waals surface area contributed by atoms with Crippen LogP contribution in [0.5, 0.6) is 0 Å². The third kappa shape index (κ3) is 3.22. The molecule has 0 aliphatic rings. The minimum absolute atomic E-state index is 0.0224. The molecule has 0 aliphatic heterocycles. The molecule has 0 saturated heterocycles. The SMILES string of the molecule is CN(Cc1ccc(Br)s1)Cc1ccoc1C(=O)O. The summed E-state index contributed by atoms with van der Waals surface area (Å²) in [4.78, 5) is 14.2. The molecule has 0 saturated carbocycles. The normalized spacial score (nSPS) is 11.1. The van der Waals surface area contributed by atoms with Crippen molar-refractivity contribution in [2.24, 2.45) is 0 Å². The van der Waals surface area contributed by atoms with Crippen molar-refractivity contribution in [1.82, 2.24) is 4.90 Å². The van der Waals surface area contributed by atoms with E-state index in [1.165, 1.54) is 11.1 Å². The Balaban J connectivity index is 2.00. The monoisotopic (exact) mass is 329 g/mol. The standard InChI is InChI=1S/C12H12BrNO3S/c1-14(7-9-2-3-10(13)18-9)6-8-4-5-17-11(8)12(15)16/h2-5H,6-7H2,1H3,(H,15,16). The van der Waals surface area contributed by atoms with Crippen LogP contribution in [-0.2, 0) is 13.1 Å². The number of aromatic carboxylic acids is 1. The van der Waals surface area contributed by atoms with Crippen molar-refractivity contribution in [3.05, 3.63) is 44.4 Å². The molecule has 0 bridgehead atoms. The molecule has 0 radical (unpaired) electrons. The largest absolute Gasteiger partial charge is 0.475 e. The summed E-state index contributed by atoms with van der Waals surface area (Å²) < 4.78 is 6.05. The van der Waals surface area contributed by atoms with E-state index in [1.54, 1.807) is 17.4 Å². The molecular weight excluding hydrogens is 318 g/mol. The predicted molar refractivity (Wildman–Crippen MR) is 72.9 cm³/mol. The van der Waals surface area contributed by atoms with Crippen molar-refractivity contribution in [3.63, 3.8) is 0 Å². The summed E-state index contributed by atoms with van der Waals surface area (Å²) in [6.07, 6.45) is 1.41. The van der Waals surface area contributed by atoms with Crippen LogP contribution in [-0.4, -0.2) is 23.0 Å². The summed E-state index contributed by atoms with van der Waals surface area (Å²) in [6.45, 7) is 1.33. The van der Waals surface area contributed by atoms with Crippen molar-refractivity contribution in [3.8, 4) is 0 Å². The van der Waals surface area contributed by atoms with E-state index in [0.717, 1.165) is 10.3 Å². The molecule has 0 atom stereocenters. The van der Waals surface area contributed by atoms with Gasteiger partial charge >= 0.3 is 5.97 Å². The van der Waals surface area contributed by atoms with Crippen molar-refractivity contribution < 1.29 is 14.3 Å². The Bertz CT molecular complexity index is 549. The van der Waals surface area contributed by atoms with E-state index in [0.29, 0.717) is 12.1 Å². The average Bonchev–Trinajstić information content (AvgIpc) is 2.87. The number of rotatable bonds is 5. The van der Waals surface area contributed by atoms with Gasteiger partial charge in [-0.05, 0) is 41.2 Å². The maximum Gasteiger partial charge on any atom is 0.372 e. The van der Waals surface area contributed by atoms with Gasteiger partial charge in [-0.25, -0.2) is 4.79 Å². The smallest absolute Gasteiger partial charge is 0.372 e. The number of carboxylic acid groups (broad SMARTS) is 1. The lowest BCUT2D eigenvalue weighted by atomic mass is 10.2. The number of carbonyl (C=O) groups is 1. The van der Waals surface area contributed by atoms with Gasteiger partial charge in [-0.1, -0.05) is 0 Å². The maximum atomic E-state index is 10.9. The Labute approximate surface area is 117 Å². The molecular formula is C12H12BrNO3S. The second kappa shape index (κ2) is 5.69. The molecule has 2 aromatic rings. The highest BCUT2D eigenvalue weighted by molar-refractivity contribution is 9.11. The Morgan fingerprint density at radius 3 is 2.83 bits per heavy atom. The fourth-order valence-corrected chi connectivity index (χ4v) is 3.26. The molecule has 0 spiro atoms. The van der Waals surface area contributed by atoms with Crippen LogP contribution in [0.2, 0.25) is 0 Å². The zero-order chi connectivity index (χ0) is 13.1. The second-order valence-electron chi connectivity index (χ2n) is 3.96. The molecule has 0 aromatic carbocycles. The lowest BCUT2D eigenvalue weighted by Gasteiger charge is -2.14. The van der Waals surface area contributed by atoms with E-state index in [9.17, 15) is 4.79 Å². The lowest BCUT2D eigenvalue weighted by Crippen LogP contribution is -2.17. The topological polar surface area (TPSA) is 53.7 Å². The summed E-state index contributed by atoms with van der Waals surface area (Å²) in [7, 11) is 1.95. The van der Waals surface area contributed by atoms with Crippen LogP contribution < -0.4 is 0 Å². The summed E-state index contributed by atoms with van der Waals surface area (Å²) in [5, 5.41) is 8.94. The summed E-state index contributed by atoms with van der Waals surface area (Å²) in [5.41, 5.74) is 0.695. The highest BCUT2D eigenvalue weighted by Gasteiger charge is 2.15. The van der Waals surface area contributed by atoms with E-state index >= 15 is 0 Å². The average molecular weight is 330 g/mol. The van der Waals surface area contributed by atoms with Crippen molar-refractivity contribution in [1.29, 1.82) is 0 Å². The van der Waals surface area contributed by atoms with Gasteiger partial charge in [-0.2, -0.15) is 0 Å². The van der Waals surface area contributed by atoms with Crippen LogP contribution in [0.4, 0.5) is 0 Å². The zero-order valence-electron chi connectivity index (χ0n) is 9.72. The molecule has 0 aliphatic carbocycles. The van der Waals surface area contributed by atoms with E-state index < -0.39 is 5.97 Å². The fourth-order valence-electron chi connectivity index (χ4n) is 1.70. The van der Waals surface area contributed by atoms with Gasteiger partial charge in [0.1, 0.15) is 0 Å². The molecule has 4 nitrogen and oxygen atoms in total. The number of halogens is 1. The number of thiophene rings is 1. The molecule has 96 valence electrons. The number of carboxylic acids is 1. The molecule has 2 rings (SSSR count). The quantitative estimate of drug-likeness (QED) is 0.912. The highest BCUT2D eigenvalue weighted by Crippen LogP contribution is 2.23. The van der Waals surface area contributed by atoms with Crippen LogP contribution in [0.25, 0.3) is 0 Å². The fraction of sp³-hybridized carbons (Fsp3) is 0.250. The summed E-state index contributed by atoms with van der Waals surface area (Å²) in [6, 6.07) is 5.76. The van der Waals surface area contributed by atoms with Crippen molar-refractivity contribution >= 4 is 33.2 Å². The van der Waals surface area contributed by atoms with Gasteiger partial charge < -0.3 is 9.52 Å². The molecule has 6 heteroatoms. The first kappa shape index (κ1) is 13.3. The number of hydrogen-bond acceptors (Lipinski definition) is 4. The van der Waals surface area contributed by atoms with E-state index in [4.69, 9.17) is 9.52 Å². The zero-order valence-corrected chi connectivity index (χ0v) is 12.1. The first-order valence-electron chi connectivity index (χ1n) is 5.28. The molecule has 0 fully saturated rings. The molecule has 0 amide bonds. The Morgan fingerprint density at radius 2 is 2.22 bits per heavy atom. The van der Waals surface area contributed by atoms with Gasteiger partial charge in [0.05, 0.1) is 10.0 Å². The minimum Gasteiger partial charge on any atom is -0.475 e. The van der Waals surface area contributed by atoms with Gasteiger partial charge in [0.2, 0.25) is 5.76 Å². The Kier molecular flexibility index (Phi) is 4.21. The van der Waals surface area contributed by atoms with Gasteiger partial charge in [0.15, 0.2) is 0 Å². The Hall–Kier alpha value is -1.11. The van der Waals surface area contributed by atoms with Crippen LogP contribution in [0.3, 0.4) is 0 Å². The third-order valence-corrected chi connectivity index (χ3v) is 4.04. The lowest BCUT2D eigenvalue weighted by molar-refractivity contribution is 0.0659.